The number of oxime groups is 1. The van der Waals surface area contributed by atoms with Crippen molar-refractivity contribution in [1.29, 1.82) is 0 Å². The summed E-state index contributed by atoms with van der Waals surface area (Å²) in [6, 6.07) is 3.82. The van der Waals surface area contributed by atoms with Gasteiger partial charge in [-0.05, 0) is 18.2 Å². The first kappa shape index (κ1) is 15.2. The Morgan fingerprint density at radius 3 is 2.57 bits per heavy atom. The minimum atomic E-state index is -4.61. The predicted molar refractivity (Wildman–Crippen MR) is 70.4 cm³/mol. The number of hydrogen-bond donors (Lipinski definition) is 0. The molecule has 1 aromatic carbocycles. The van der Waals surface area contributed by atoms with Gasteiger partial charge in [-0.3, -0.25) is 14.4 Å². The lowest BCUT2D eigenvalue weighted by Gasteiger charge is -2.17. The molecule has 2 amide bonds. The van der Waals surface area contributed by atoms with Gasteiger partial charge < -0.3 is 4.84 Å². The number of nitrogens with zero attached hydrogens (tertiary/aromatic N) is 2. The molecule has 0 unspecified atom stereocenters. The van der Waals surface area contributed by atoms with E-state index in [1.165, 1.54) is 6.07 Å². The number of imide groups is 1. The highest BCUT2D eigenvalue weighted by atomic mass is 19.4. The fourth-order valence-electron chi connectivity index (χ4n) is 2.54. The van der Waals surface area contributed by atoms with Gasteiger partial charge in [-0.25, -0.2) is 4.90 Å². The van der Waals surface area contributed by atoms with Crippen molar-refractivity contribution in [2.45, 2.75) is 19.2 Å². The summed E-state index contributed by atoms with van der Waals surface area (Å²) in [5, 5.41) is 3.42. The molecule has 1 fully saturated rings. The van der Waals surface area contributed by atoms with Crippen molar-refractivity contribution >= 4 is 29.0 Å². The zero-order valence-electron chi connectivity index (χ0n) is 11.6. The zero-order valence-corrected chi connectivity index (χ0v) is 11.6. The van der Waals surface area contributed by atoms with Crippen molar-refractivity contribution in [3.8, 4) is 0 Å². The van der Waals surface area contributed by atoms with Crippen molar-refractivity contribution in [2.75, 3.05) is 4.90 Å². The van der Waals surface area contributed by atoms with E-state index in [0.717, 1.165) is 19.1 Å². The average molecular weight is 326 g/mol. The highest BCUT2D eigenvalue weighted by Crippen LogP contribution is 2.36. The number of hydrogen-bond acceptors (Lipinski definition) is 5. The molecule has 0 radical (unpaired) electrons. The first-order chi connectivity index (χ1) is 10.7. The number of Topliss-reactive ketones (excluding diaryl/α,β-unsaturated/α-hetero) is 1. The van der Waals surface area contributed by atoms with E-state index in [0.29, 0.717) is 11.0 Å². The molecule has 23 heavy (non-hydrogen) atoms. The molecule has 0 saturated carbocycles. The van der Waals surface area contributed by atoms with Gasteiger partial charge in [0.1, 0.15) is 11.6 Å². The molecule has 1 aromatic rings. The molecule has 2 aliphatic rings. The Labute approximate surface area is 127 Å². The van der Waals surface area contributed by atoms with E-state index < -0.39 is 41.4 Å². The van der Waals surface area contributed by atoms with Crippen molar-refractivity contribution in [3.63, 3.8) is 0 Å². The summed E-state index contributed by atoms with van der Waals surface area (Å²) >= 11 is 0. The van der Waals surface area contributed by atoms with Crippen LogP contribution in [0.1, 0.15) is 12.5 Å². The number of anilines is 1. The summed E-state index contributed by atoms with van der Waals surface area (Å²) in [7, 11) is 0. The van der Waals surface area contributed by atoms with Crippen LogP contribution in [-0.4, -0.2) is 29.4 Å². The molecule has 0 bridgehead atoms. The smallest absolute Gasteiger partial charge is 0.381 e. The van der Waals surface area contributed by atoms with Gasteiger partial charge in [-0.15, -0.1) is 0 Å². The van der Waals surface area contributed by atoms with Gasteiger partial charge >= 0.3 is 6.18 Å². The Hall–Kier alpha value is -2.71. The van der Waals surface area contributed by atoms with Crippen molar-refractivity contribution in [1.82, 2.24) is 0 Å². The number of fused-ring (bicyclic) bond motifs is 1. The van der Waals surface area contributed by atoms with Gasteiger partial charge in [0, 0.05) is 6.92 Å². The second kappa shape index (κ2) is 4.90. The lowest BCUT2D eigenvalue weighted by Crippen LogP contribution is -2.34. The molecule has 2 aliphatic heterocycles. The lowest BCUT2D eigenvalue weighted by molar-refractivity contribution is -0.137. The van der Waals surface area contributed by atoms with Crippen LogP contribution in [0.3, 0.4) is 0 Å². The SMILES string of the molecule is CC(=O)C1=NO[C@H]2C(=O)N(c3cccc(C(F)(F)F)c3)C(=O)[C@H]12. The zero-order chi connectivity index (χ0) is 16.9. The molecule has 0 aliphatic carbocycles. The van der Waals surface area contributed by atoms with Crippen LogP contribution in [-0.2, 0) is 25.4 Å². The van der Waals surface area contributed by atoms with Crippen molar-refractivity contribution < 1.29 is 32.4 Å². The van der Waals surface area contributed by atoms with E-state index >= 15 is 0 Å². The predicted octanol–water partition coefficient (Wildman–Crippen LogP) is 1.54. The molecule has 0 N–H and O–H groups in total. The van der Waals surface area contributed by atoms with E-state index in [2.05, 4.69) is 5.16 Å². The molecule has 0 spiro atoms. The van der Waals surface area contributed by atoms with Gasteiger partial charge in [-0.1, -0.05) is 11.2 Å². The minimum Gasteiger partial charge on any atom is -0.381 e. The van der Waals surface area contributed by atoms with Crippen LogP contribution in [0.5, 0.6) is 0 Å². The number of carbonyl (C=O) groups is 3. The van der Waals surface area contributed by atoms with Crippen LogP contribution in [0.15, 0.2) is 29.4 Å². The standard InChI is InChI=1S/C14H9F3N2O4/c1-6(20)10-9-11(23-18-10)13(22)19(12(9)21)8-4-2-3-7(5-8)14(15,16)17/h2-5,9,11H,1H3/t9-,11-/m1/s1. The normalized spacial score (nSPS) is 23.7. The van der Waals surface area contributed by atoms with Crippen LogP contribution >= 0.6 is 0 Å². The summed E-state index contributed by atoms with van der Waals surface area (Å²) in [5.41, 5.74) is -1.42. The lowest BCUT2D eigenvalue weighted by atomic mass is 9.97. The van der Waals surface area contributed by atoms with E-state index in [9.17, 15) is 27.6 Å². The van der Waals surface area contributed by atoms with Crippen LogP contribution in [0.2, 0.25) is 0 Å². The summed E-state index contributed by atoms with van der Waals surface area (Å²) in [5.74, 6) is -3.43. The number of amides is 2. The number of benzene rings is 1. The molecule has 2 heterocycles. The molecule has 3 rings (SSSR count). The Morgan fingerprint density at radius 2 is 1.96 bits per heavy atom. The highest BCUT2D eigenvalue weighted by Gasteiger charge is 2.57. The van der Waals surface area contributed by atoms with Gasteiger partial charge in [0.05, 0.1) is 11.3 Å². The van der Waals surface area contributed by atoms with Crippen molar-refractivity contribution in [3.05, 3.63) is 29.8 Å². The Balaban J connectivity index is 2.00. The monoisotopic (exact) mass is 326 g/mol. The number of halogens is 3. The Bertz CT molecular complexity index is 757. The molecule has 0 aromatic heterocycles. The van der Waals surface area contributed by atoms with E-state index in [1.54, 1.807) is 0 Å². The number of carbonyl (C=O) groups excluding carboxylic acids is 3. The van der Waals surface area contributed by atoms with E-state index in [4.69, 9.17) is 4.84 Å². The Morgan fingerprint density at radius 1 is 1.26 bits per heavy atom. The maximum absolute atomic E-state index is 12.8. The second-order valence-electron chi connectivity index (χ2n) is 5.10. The van der Waals surface area contributed by atoms with Gasteiger partial charge in [-0.2, -0.15) is 13.2 Å². The summed E-state index contributed by atoms with van der Waals surface area (Å²) in [6.07, 6.45) is -5.92. The quantitative estimate of drug-likeness (QED) is 0.773. The third-order valence-corrected chi connectivity index (χ3v) is 3.60. The average Bonchev–Trinajstić information content (AvgIpc) is 3.00. The van der Waals surface area contributed by atoms with Crippen LogP contribution in [0.4, 0.5) is 18.9 Å². The van der Waals surface area contributed by atoms with Crippen LogP contribution in [0.25, 0.3) is 0 Å². The second-order valence-corrected chi connectivity index (χ2v) is 5.10. The molecular weight excluding hydrogens is 317 g/mol. The topological polar surface area (TPSA) is 76.0 Å². The largest absolute Gasteiger partial charge is 0.416 e. The summed E-state index contributed by atoms with van der Waals surface area (Å²) in [6.45, 7) is 1.16. The molecule has 9 heteroatoms. The van der Waals surface area contributed by atoms with Gasteiger partial charge in [0.2, 0.25) is 12.0 Å². The maximum atomic E-state index is 12.8. The molecule has 2 atom stereocenters. The Kier molecular flexibility index (Phi) is 3.24. The molecule has 1 saturated heterocycles. The number of ketones is 1. The summed E-state index contributed by atoms with van der Waals surface area (Å²) in [4.78, 5) is 41.5. The maximum Gasteiger partial charge on any atom is 0.416 e. The van der Waals surface area contributed by atoms with Crippen LogP contribution < -0.4 is 4.90 Å². The first-order valence-corrected chi connectivity index (χ1v) is 6.51. The van der Waals surface area contributed by atoms with Gasteiger partial charge in [0.25, 0.3) is 5.91 Å². The highest BCUT2D eigenvalue weighted by molar-refractivity contribution is 6.47. The molecular formula is C14H9F3N2O4. The molecule has 6 nitrogen and oxygen atoms in total. The summed E-state index contributed by atoms with van der Waals surface area (Å²) < 4.78 is 38.3. The first-order valence-electron chi connectivity index (χ1n) is 6.51. The third kappa shape index (κ3) is 2.28. The van der Waals surface area contributed by atoms with E-state index in [-0.39, 0.29) is 11.4 Å². The fraction of sp³-hybridized carbons (Fsp3) is 0.286. The number of alkyl halides is 3. The third-order valence-electron chi connectivity index (χ3n) is 3.60. The fourth-order valence-corrected chi connectivity index (χ4v) is 2.54. The van der Waals surface area contributed by atoms with E-state index in [1.807, 2.05) is 0 Å². The number of rotatable bonds is 2. The van der Waals surface area contributed by atoms with Gasteiger partial charge in [0.15, 0.2) is 5.78 Å². The molecule has 120 valence electrons. The van der Waals surface area contributed by atoms with Crippen LogP contribution in [0, 0.1) is 5.92 Å². The minimum absolute atomic E-state index is 0.206. The van der Waals surface area contributed by atoms with Crippen molar-refractivity contribution in [2.24, 2.45) is 11.1 Å².